The fraction of sp³-hybridized carbons (Fsp3) is 0.0455. The summed E-state index contributed by atoms with van der Waals surface area (Å²) in [7, 11) is 2.09. The number of hydrogen-bond donors (Lipinski definition) is 0. The Labute approximate surface area is 159 Å². The topological polar surface area (TPSA) is 8.81 Å². The van der Waals surface area contributed by atoms with Crippen molar-refractivity contribution in [1.29, 1.82) is 0 Å². The van der Waals surface area contributed by atoms with Crippen molar-refractivity contribution in [2.45, 2.75) is 0 Å². The number of nitrogens with zero attached hydrogens (tertiary/aromatic N) is 2. The lowest BCUT2D eigenvalue weighted by molar-refractivity contribution is -0.652. The first-order valence-corrected chi connectivity index (χ1v) is 11.4. The Morgan fingerprint density at radius 3 is 1.69 bits per heavy atom. The van der Waals surface area contributed by atoms with Gasteiger partial charge < -0.3 is 0 Å². The number of rotatable bonds is 4. The molecule has 0 aliphatic heterocycles. The molecule has 0 spiro atoms. The molecule has 0 fully saturated rings. The van der Waals surface area contributed by atoms with Gasteiger partial charge in [-0.2, -0.15) is 4.57 Å². The second-order valence-corrected chi connectivity index (χ2v) is 10.5. The van der Waals surface area contributed by atoms with Crippen molar-refractivity contribution in [3.63, 3.8) is 0 Å². The van der Waals surface area contributed by atoms with Gasteiger partial charge in [-0.25, -0.2) is 4.57 Å². The molecule has 128 valence electrons. The molecule has 0 saturated carbocycles. The van der Waals surface area contributed by atoms with E-state index >= 15 is 0 Å². The predicted molar refractivity (Wildman–Crippen MR) is 113 cm³/mol. The second kappa shape index (κ2) is 7.03. The predicted octanol–water partition coefficient (Wildman–Crippen LogP) is 3.06. The monoisotopic (exact) mass is 375 g/mol. The SMILES string of the molecule is C[n+]1ccn(-c2ccccc2)c1P(=S)(c1ccccc1)c1ccccc1. The first-order chi connectivity index (χ1) is 12.7. The summed E-state index contributed by atoms with van der Waals surface area (Å²) in [4.78, 5) is 0. The lowest BCUT2D eigenvalue weighted by Crippen LogP contribution is -2.49. The molecule has 0 atom stereocenters. The maximum atomic E-state index is 6.50. The molecule has 4 heteroatoms. The summed E-state index contributed by atoms with van der Waals surface area (Å²) < 4.78 is 4.41. The van der Waals surface area contributed by atoms with E-state index in [2.05, 4.69) is 101 Å². The lowest BCUT2D eigenvalue weighted by atomic mass is 10.3. The molecule has 0 amide bonds. The van der Waals surface area contributed by atoms with E-state index in [1.807, 2.05) is 18.2 Å². The summed E-state index contributed by atoms with van der Waals surface area (Å²) in [6.07, 6.45) is 4.20. The standard InChI is InChI=1S/C22H20N2PS/c1-23-17-18-24(19-11-5-2-6-12-19)22(23)25(26,20-13-7-3-8-14-20)21-15-9-4-10-16-21/h2-18H,1H3/q+1. The minimum Gasteiger partial charge on any atom is -0.232 e. The van der Waals surface area contributed by atoms with Crippen LogP contribution < -0.4 is 20.7 Å². The van der Waals surface area contributed by atoms with E-state index in [9.17, 15) is 0 Å². The van der Waals surface area contributed by atoms with Crippen LogP contribution in [0.25, 0.3) is 5.69 Å². The number of benzene rings is 3. The van der Waals surface area contributed by atoms with E-state index in [1.54, 1.807) is 0 Å². The number of aryl methyl sites for hydroxylation is 1. The van der Waals surface area contributed by atoms with Gasteiger partial charge in [0.2, 0.25) is 0 Å². The third-order valence-electron chi connectivity index (χ3n) is 4.53. The molecule has 26 heavy (non-hydrogen) atoms. The van der Waals surface area contributed by atoms with Crippen LogP contribution in [-0.2, 0) is 18.9 Å². The highest BCUT2D eigenvalue weighted by molar-refractivity contribution is 8.25. The summed E-state index contributed by atoms with van der Waals surface area (Å²) in [5.41, 5.74) is 2.28. The second-order valence-electron chi connectivity index (χ2n) is 6.19. The summed E-state index contributed by atoms with van der Waals surface area (Å²) >= 11 is 6.50. The molecule has 1 heterocycles. The van der Waals surface area contributed by atoms with E-state index in [4.69, 9.17) is 11.8 Å². The van der Waals surface area contributed by atoms with Crippen molar-refractivity contribution in [3.05, 3.63) is 103 Å². The van der Waals surface area contributed by atoms with Crippen LogP contribution in [0, 0.1) is 0 Å². The van der Waals surface area contributed by atoms with Gasteiger partial charge in [0, 0.05) is 10.6 Å². The molecule has 0 bridgehead atoms. The van der Waals surface area contributed by atoms with Crippen LogP contribution in [0.15, 0.2) is 103 Å². The van der Waals surface area contributed by atoms with Crippen molar-refractivity contribution in [3.8, 4) is 5.69 Å². The first kappa shape index (κ1) is 17.0. The van der Waals surface area contributed by atoms with Crippen LogP contribution in [0.4, 0.5) is 0 Å². The molecule has 0 aliphatic rings. The van der Waals surface area contributed by atoms with E-state index in [1.165, 1.54) is 10.6 Å². The van der Waals surface area contributed by atoms with Crippen molar-refractivity contribution in [2.75, 3.05) is 0 Å². The Kier molecular flexibility index (Phi) is 4.58. The average Bonchev–Trinajstić information content (AvgIpc) is 3.11. The fourth-order valence-corrected chi connectivity index (χ4v) is 7.61. The number of para-hydroxylation sites is 1. The number of hydrogen-bond acceptors (Lipinski definition) is 1. The Balaban J connectivity index is 2.04. The summed E-state index contributed by atoms with van der Waals surface area (Å²) in [5.74, 6) is 0. The van der Waals surface area contributed by atoms with Crippen molar-refractivity contribution < 1.29 is 4.57 Å². The average molecular weight is 375 g/mol. The quantitative estimate of drug-likeness (QED) is 0.393. The summed E-state index contributed by atoms with van der Waals surface area (Å²) in [6.45, 7) is 0. The first-order valence-electron chi connectivity index (χ1n) is 8.55. The van der Waals surface area contributed by atoms with Crippen LogP contribution in [0.5, 0.6) is 0 Å². The van der Waals surface area contributed by atoms with Crippen LogP contribution >= 0.6 is 6.04 Å². The molecule has 1 aromatic heterocycles. The van der Waals surface area contributed by atoms with Gasteiger partial charge in [0.1, 0.15) is 24.1 Å². The van der Waals surface area contributed by atoms with E-state index in [-0.39, 0.29) is 0 Å². The maximum absolute atomic E-state index is 6.50. The fourth-order valence-electron chi connectivity index (χ4n) is 3.29. The summed E-state index contributed by atoms with van der Waals surface area (Å²) in [6, 6.07) is 29.3. The Morgan fingerprint density at radius 2 is 1.19 bits per heavy atom. The molecule has 4 rings (SSSR count). The largest absolute Gasteiger partial charge is 0.299 e. The molecule has 0 unspecified atom stereocenters. The molecule has 0 saturated heterocycles. The lowest BCUT2D eigenvalue weighted by Gasteiger charge is -2.21. The zero-order valence-corrected chi connectivity index (χ0v) is 16.3. The molecule has 0 radical (unpaired) electrons. The maximum Gasteiger partial charge on any atom is 0.299 e. The molecule has 4 aromatic rings. The molecule has 2 nitrogen and oxygen atoms in total. The number of imidazole rings is 1. The van der Waals surface area contributed by atoms with Crippen molar-refractivity contribution >= 4 is 34.0 Å². The van der Waals surface area contributed by atoms with Crippen LogP contribution in [-0.4, -0.2) is 4.57 Å². The van der Waals surface area contributed by atoms with Crippen LogP contribution in [0.1, 0.15) is 0 Å². The van der Waals surface area contributed by atoms with Gasteiger partial charge in [-0.15, -0.1) is 0 Å². The Hall–Kier alpha value is -2.48. The zero-order valence-electron chi connectivity index (χ0n) is 14.6. The minimum absolute atomic E-state index is 1.13. The van der Waals surface area contributed by atoms with Gasteiger partial charge in [-0.3, -0.25) is 0 Å². The van der Waals surface area contributed by atoms with E-state index < -0.39 is 6.04 Å². The Bertz CT molecular complexity index is 1010. The zero-order chi connectivity index (χ0) is 18.0. The van der Waals surface area contributed by atoms with Crippen molar-refractivity contribution in [2.24, 2.45) is 7.05 Å². The normalized spacial score (nSPS) is 11.4. The molecule has 0 aliphatic carbocycles. The van der Waals surface area contributed by atoms with Gasteiger partial charge in [0.25, 0.3) is 5.57 Å². The van der Waals surface area contributed by atoms with Gasteiger partial charge in [-0.05, 0) is 12.1 Å². The Morgan fingerprint density at radius 1 is 0.731 bits per heavy atom. The third kappa shape index (κ3) is 2.84. The third-order valence-corrected chi connectivity index (χ3v) is 9.43. The highest BCUT2D eigenvalue weighted by atomic mass is 32.4. The molecular formula is C22H20N2PS+. The molecule has 0 N–H and O–H groups in total. The number of aromatic nitrogens is 2. The van der Waals surface area contributed by atoms with E-state index in [0.29, 0.717) is 0 Å². The van der Waals surface area contributed by atoms with Gasteiger partial charge in [0.05, 0.1) is 7.05 Å². The summed E-state index contributed by atoms with van der Waals surface area (Å²) in [5, 5.41) is 2.40. The molecule has 3 aromatic carbocycles. The van der Waals surface area contributed by atoms with Crippen LogP contribution in [0.3, 0.4) is 0 Å². The van der Waals surface area contributed by atoms with Crippen molar-refractivity contribution in [1.82, 2.24) is 4.57 Å². The smallest absolute Gasteiger partial charge is 0.232 e. The van der Waals surface area contributed by atoms with E-state index in [0.717, 1.165) is 11.3 Å². The molecular weight excluding hydrogens is 355 g/mol. The minimum atomic E-state index is -2.21. The highest BCUT2D eigenvalue weighted by Gasteiger charge is 2.36. The highest BCUT2D eigenvalue weighted by Crippen LogP contribution is 2.42. The van der Waals surface area contributed by atoms with Gasteiger partial charge in [-0.1, -0.05) is 90.7 Å². The van der Waals surface area contributed by atoms with Gasteiger partial charge >= 0.3 is 0 Å². The van der Waals surface area contributed by atoms with Gasteiger partial charge in [0.15, 0.2) is 0 Å². The van der Waals surface area contributed by atoms with Crippen LogP contribution in [0.2, 0.25) is 0 Å².